The summed E-state index contributed by atoms with van der Waals surface area (Å²) in [6.45, 7) is 2.94. The number of likely N-dealkylation sites (N-methyl/N-ethyl adjacent to an activating group) is 1. The molecule has 1 aliphatic heterocycles. The number of nitrogens with zero attached hydrogens (tertiary/aromatic N) is 3. The van der Waals surface area contributed by atoms with Crippen LogP contribution in [0.1, 0.15) is 21.6 Å². The van der Waals surface area contributed by atoms with E-state index < -0.39 is 34.5 Å². The lowest BCUT2D eigenvalue weighted by Crippen LogP contribution is -2.44. The highest BCUT2D eigenvalue weighted by Gasteiger charge is 2.34. The van der Waals surface area contributed by atoms with Gasteiger partial charge in [-0.3, -0.25) is 14.7 Å². The first-order valence-corrected chi connectivity index (χ1v) is 12.9. The topological polar surface area (TPSA) is 98.8 Å². The van der Waals surface area contributed by atoms with Crippen LogP contribution in [-0.2, 0) is 12.7 Å². The SMILES string of the molecule is CNC(=O)c1cc(Oc2ccc(NC(=O)Nc3ccc(CN4CCN(C)CC4)c(C(F)(F)F)c3)c(F)c2Cl)ccn1. The molecule has 3 N–H and O–H groups in total. The van der Waals surface area contributed by atoms with Crippen molar-refractivity contribution < 1.29 is 31.9 Å². The monoisotopic (exact) mass is 594 g/mol. The Labute approximate surface area is 238 Å². The normalized spacial score (nSPS) is 14.4. The minimum atomic E-state index is -4.64. The Balaban J connectivity index is 1.45. The first kappa shape index (κ1) is 30.0. The summed E-state index contributed by atoms with van der Waals surface area (Å²) in [5.41, 5.74) is -1.15. The average Bonchev–Trinajstić information content (AvgIpc) is 2.94. The lowest BCUT2D eigenvalue weighted by atomic mass is 10.0. The number of urea groups is 1. The van der Waals surface area contributed by atoms with Crippen LogP contribution in [0.15, 0.2) is 48.7 Å². The van der Waals surface area contributed by atoms with Crippen LogP contribution in [0.3, 0.4) is 0 Å². The fourth-order valence-electron chi connectivity index (χ4n) is 4.15. The predicted octanol–water partition coefficient (Wildman–Crippen LogP) is 5.44. The van der Waals surface area contributed by atoms with Crippen LogP contribution >= 0.6 is 11.6 Å². The van der Waals surface area contributed by atoms with E-state index in [0.29, 0.717) is 13.1 Å². The number of hydrogen-bond acceptors (Lipinski definition) is 6. The quantitative estimate of drug-likeness (QED) is 0.315. The smallest absolute Gasteiger partial charge is 0.416 e. The second kappa shape index (κ2) is 12.7. The van der Waals surface area contributed by atoms with E-state index in [-0.39, 0.29) is 40.7 Å². The van der Waals surface area contributed by atoms with Crippen molar-refractivity contribution >= 4 is 34.9 Å². The number of hydrogen-bond donors (Lipinski definition) is 3. The molecule has 0 spiro atoms. The van der Waals surface area contributed by atoms with Crippen LogP contribution in [0.5, 0.6) is 11.5 Å². The fourth-order valence-corrected chi connectivity index (χ4v) is 4.35. The van der Waals surface area contributed by atoms with Gasteiger partial charge in [-0.05, 0) is 42.9 Å². The van der Waals surface area contributed by atoms with Crippen LogP contribution in [0.25, 0.3) is 0 Å². The highest BCUT2D eigenvalue weighted by atomic mass is 35.5. The zero-order valence-electron chi connectivity index (χ0n) is 22.1. The summed E-state index contributed by atoms with van der Waals surface area (Å²) in [6, 6.07) is 7.81. The molecule has 0 saturated carbocycles. The number of amides is 3. The van der Waals surface area contributed by atoms with Gasteiger partial charge >= 0.3 is 12.2 Å². The van der Waals surface area contributed by atoms with Crippen molar-refractivity contribution in [3.8, 4) is 11.5 Å². The number of alkyl halides is 3. The van der Waals surface area contributed by atoms with E-state index in [2.05, 4.69) is 25.8 Å². The number of piperazine rings is 1. The van der Waals surface area contributed by atoms with Gasteiger partial charge in [-0.25, -0.2) is 9.18 Å². The first-order chi connectivity index (χ1) is 19.4. The predicted molar refractivity (Wildman–Crippen MR) is 146 cm³/mol. The molecule has 0 radical (unpaired) electrons. The third kappa shape index (κ3) is 7.63. The van der Waals surface area contributed by atoms with Crippen LogP contribution in [0.4, 0.5) is 33.7 Å². The van der Waals surface area contributed by atoms with Crippen molar-refractivity contribution in [1.82, 2.24) is 20.1 Å². The lowest BCUT2D eigenvalue weighted by molar-refractivity contribution is -0.138. The van der Waals surface area contributed by atoms with Crippen molar-refractivity contribution in [2.75, 3.05) is 50.9 Å². The zero-order valence-corrected chi connectivity index (χ0v) is 22.9. The number of benzene rings is 2. The molecule has 1 aromatic heterocycles. The number of anilines is 2. The van der Waals surface area contributed by atoms with Gasteiger partial charge in [-0.1, -0.05) is 17.7 Å². The minimum Gasteiger partial charge on any atom is -0.456 e. The van der Waals surface area contributed by atoms with Crippen LogP contribution in [0, 0.1) is 5.82 Å². The van der Waals surface area contributed by atoms with Crippen LogP contribution in [-0.4, -0.2) is 67.0 Å². The summed E-state index contributed by atoms with van der Waals surface area (Å²) in [7, 11) is 3.39. The number of ether oxygens (including phenoxy) is 1. The van der Waals surface area contributed by atoms with Gasteiger partial charge < -0.3 is 25.6 Å². The fraction of sp³-hybridized carbons (Fsp3) is 0.296. The van der Waals surface area contributed by atoms with Crippen molar-refractivity contribution in [3.63, 3.8) is 0 Å². The maximum atomic E-state index is 15.0. The number of carbonyl (C=O) groups excluding carboxylic acids is 2. The third-order valence-electron chi connectivity index (χ3n) is 6.38. The van der Waals surface area contributed by atoms with Gasteiger partial charge in [0, 0.05) is 57.7 Å². The summed E-state index contributed by atoms with van der Waals surface area (Å²) in [6.07, 6.45) is -3.31. The number of halogens is 5. The zero-order chi connectivity index (χ0) is 29.7. The molecule has 0 bridgehead atoms. The molecule has 9 nitrogen and oxygen atoms in total. The Morgan fingerprint density at radius 3 is 2.46 bits per heavy atom. The molecule has 1 fully saturated rings. The second-order valence-corrected chi connectivity index (χ2v) is 9.70. The molecule has 0 aliphatic carbocycles. The number of carbonyl (C=O) groups is 2. The summed E-state index contributed by atoms with van der Waals surface area (Å²) in [4.78, 5) is 32.3. The van der Waals surface area contributed by atoms with Gasteiger partial charge in [-0.2, -0.15) is 13.2 Å². The molecule has 1 saturated heterocycles. The second-order valence-electron chi connectivity index (χ2n) is 9.33. The highest BCUT2D eigenvalue weighted by molar-refractivity contribution is 6.32. The van der Waals surface area contributed by atoms with E-state index in [1.165, 1.54) is 49.6 Å². The Hall–Kier alpha value is -3.94. The molecule has 0 atom stereocenters. The Morgan fingerprint density at radius 1 is 1.05 bits per heavy atom. The molecule has 1 aliphatic rings. The lowest BCUT2D eigenvalue weighted by Gasteiger charge is -2.33. The molecule has 0 unspecified atom stereocenters. The molecule has 2 aromatic carbocycles. The molecule has 3 aromatic rings. The highest BCUT2D eigenvalue weighted by Crippen LogP contribution is 2.36. The molecule has 41 heavy (non-hydrogen) atoms. The molecule has 2 heterocycles. The van der Waals surface area contributed by atoms with Crippen molar-refractivity contribution in [2.24, 2.45) is 0 Å². The summed E-state index contributed by atoms with van der Waals surface area (Å²) in [5, 5.41) is 6.50. The van der Waals surface area contributed by atoms with Crippen LogP contribution < -0.4 is 20.7 Å². The number of aromatic nitrogens is 1. The maximum absolute atomic E-state index is 15.0. The molecule has 3 amide bonds. The van der Waals surface area contributed by atoms with Gasteiger partial charge in [0.05, 0.1) is 11.3 Å². The summed E-state index contributed by atoms with van der Waals surface area (Å²) in [5.74, 6) is -1.42. The van der Waals surface area contributed by atoms with Gasteiger partial charge in [0.25, 0.3) is 5.91 Å². The molecule has 4 rings (SSSR count). The number of nitrogens with one attached hydrogen (secondary N) is 3. The van der Waals surface area contributed by atoms with E-state index in [4.69, 9.17) is 16.3 Å². The van der Waals surface area contributed by atoms with Gasteiger partial charge in [0.1, 0.15) is 22.2 Å². The Bertz CT molecular complexity index is 1430. The van der Waals surface area contributed by atoms with E-state index in [9.17, 15) is 27.2 Å². The molecular weight excluding hydrogens is 568 g/mol. The number of pyridine rings is 1. The Morgan fingerprint density at radius 2 is 1.78 bits per heavy atom. The van der Waals surface area contributed by atoms with Crippen molar-refractivity contribution in [1.29, 1.82) is 0 Å². The molecule has 218 valence electrons. The third-order valence-corrected chi connectivity index (χ3v) is 6.73. The van der Waals surface area contributed by atoms with Crippen molar-refractivity contribution in [3.05, 3.63) is 76.3 Å². The van der Waals surface area contributed by atoms with E-state index in [1.807, 2.05) is 11.9 Å². The maximum Gasteiger partial charge on any atom is 0.416 e. The van der Waals surface area contributed by atoms with E-state index in [0.717, 1.165) is 19.2 Å². The Kier molecular flexibility index (Phi) is 9.31. The standard InChI is InChI=1S/C27H27ClF4N6O3/c1-33-25(39)21-14-18(7-8-34-21)41-22-6-5-20(24(29)23(22)28)36-26(40)35-17-4-3-16(19(13-17)27(30,31)32)15-38-11-9-37(2)10-12-38/h3-8,13-14H,9-12,15H2,1-2H3,(H,33,39)(H2,35,36,40). The average molecular weight is 595 g/mol. The molecule has 14 heteroatoms. The first-order valence-electron chi connectivity index (χ1n) is 12.5. The van der Waals surface area contributed by atoms with Gasteiger partial charge in [0.15, 0.2) is 5.82 Å². The van der Waals surface area contributed by atoms with Gasteiger partial charge in [0.2, 0.25) is 0 Å². The van der Waals surface area contributed by atoms with Crippen molar-refractivity contribution in [2.45, 2.75) is 12.7 Å². The minimum absolute atomic E-state index is 0.0672. The summed E-state index contributed by atoms with van der Waals surface area (Å²) < 4.78 is 62.1. The molecular formula is C27H27ClF4N6O3. The summed E-state index contributed by atoms with van der Waals surface area (Å²) >= 11 is 6.10. The largest absolute Gasteiger partial charge is 0.456 e. The number of rotatable bonds is 7. The van der Waals surface area contributed by atoms with Crippen LogP contribution in [0.2, 0.25) is 5.02 Å². The van der Waals surface area contributed by atoms with E-state index in [1.54, 1.807) is 0 Å². The van der Waals surface area contributed by atoms with E-state index >= 15 is 0 Å². The van der Waals surface area contributed by atoms with Gasteiger partial charge in [-0.15, -0.1) is 0 Å².